The van der Waals surface area contributed by atoms with Gasteiger partial charge in [0, 0.05) is 10.8 Å². The molecule has 1 aromatic heterocycles. The van der Waals surface area contributed by atoms with Crippen LogP contribution in [-0.2, 0) is 6.42 Å². The molecule has 0 radical (unpaired) electrons. The Morgan fingerprint density at radius 1 is 1.70 bits per heavy atom. The summed E-state index contributed by atoms with van der Waals surface area (Å²) >= 11 is 2.37. The van der Waals surface area contributed by atoms with Crippen LogP contribution in [0.5, 0.6) is 0 Å². The van der Waals surface area contributed by atoms with Crippen molar-refractivity contribution in [3.8, 4) is 0 Å². The number of tetrazole rings is 1. The Balaban J connectivity index is 2.34. The minimum absolute atomic E-state index is 0.547. The van der Waals surface area contributed by atoms with E-state index in [2.05, 4.69) is 38.1 Å². The average molecular weight is 250 g/mol. The zero-order valence-corrected chi connectivity index (χ0v) is 7.52. The minimum Gasteiger partial charge on any atom is -0.226 e. The highest BCUT2D eigenvalue weighted by Gasteiger charge is 2.22. The van der Waals surface area contributed by atoms with E-state index in [-0.39, 0.29) is 0 Å². The maximum atomic E-state index is 3.90. The summed E-state index contributed by atoms with van der Waals surface area (Å²) < 4.78 is 3.04. The van der Waals surface area contributed by atoms with Gasteiger partial charge in [-0.2, -0.15) is 0 Å². The molecule has 54 valence electrons. The first-order valence-electron chi connectivity index (χ1n) is 3.24. The maximum Gasteiger partial charge on any atom is 0.151 e. The molecular weight excluding hydrogens is 243 g/mol. The molecular formula is C5H7IN4. The lowest BCUT2D eigenvalue weighted by molar-refractivity contribution is 0.515. The van der Waals surface area contributed by atoms with Crippen molar-refractivity contribution in [2.75, 3.05) is 4.43 Å². The highest BCUT2D eigenvalue weighted by molar-refractivity contribution is 14.1. The number of aryl methyl sites for hydroxylation is 1. The van der Waals surface area contributed by atoms with Crippen LogP contribution in [0.4, 0.5) is 0 Å². The Hall–Kier alpha value is -0.200. The summed E-state index contributed by atoms with van der Waals surface area (Å²) in [6.07, 6.45) is 2.22. The van der Waals surface area contributed by atoms with Gasteiger partial charge in [0.2, 0.25) is 0 Å². The normalized spacial score (nSPS) is 23.1. The first kappa shape index (κ1) is 6.51. The molecule has 0 saturated carbocycles. The second kappa shape index (κ2) is 2.44. The van der Waals surface area contributed by atoms with E-state index in [0.29, 0.717) is 6.04 Å². The number of fused-ring (bicyclic) bond motifs is 1. The lowest BCUT2D eigenvalue weighted by Gasteiger charge is -2.03. The number of hydrogen-bond acceptors (Lipinski definition) is 3. The summed E-state index contributed by atoms with van der Waals surface area (Å²) in [5, 5.41) is 11.4. The third-order valence-electron chi connectivity index (χ3n) is 1.79. The Bertz CT molecular complexity index is 233. The van der Waals surface area contributed by atoms with Gasteiger partial charge in [-0.3, -0.25) is 0 Å². The van der Waals surface area contributed by atoms with Crippen molar-refractivity contribution in [1.29, 1.82) is 0 Å². The molecule has 1 aliphatic heterocycles. The molecule has 1 aliphatic rings. The number of rotatable bonds is 1. The van der Waals surface area contributed by atoms with Crippen molar-refractivity contribution in [3.63, 3.8) is 0 Å². The standard InChI is InChI=1S/C5H7IN4/c6-3-4-1-2-5-7-8-9-10(4)5/h4H,1-3H2. The molecule has 5 heteroatoms. The van der Waals surface area contributed by atoms with Gasteiger partial charge in [0.25, 0.3) is 0 Å². The Labute approximate surface area is 72.1 Å². The molecule has 2 heterocycles. The predicted molar refractivity (Wildman–Crippen MR) is 44.1 cm³/mol. The Morgan fingerprint density at radius 2 is 2.60 bits per heavy atom. The summed E-state index contributed by atoms with van der Waals surface area (Å²) in [5.41, 5.74) is 0. The highest BCUT2D eigenvalue weighted by atomic mass is 127. The van der Waals surface area contributed by atoms with Gasteiger partial charge in [-0.25, -0.2) is 4.68 Å². The van der Waals surface area contributed by atoms with Gasteiger partial charge in [-0.05, 0) is 16.8 Å². The molecule has 0 amide bonds. The monoisotopic (exact) mass is 250 g/mol. The summed E-state index contributed by atoms with van der Waals surface area (Å²) in [6, 6.07) is 0.547. The molecule has 4 nitrogen and oxygen atoms in total. The van der Waals surface area contributed by atoms with E-state index in [1.807, 2.05) is 4.68 Å². The molecule has 0 aromatic carbocycles. The topological polar surface area (TPSA) is 43.6 Å². The van der Waals surface area contributed by atoms with Crippen molar-refractivity contribution in [3.05, 3.63) is 5.82 Å². The Kier molecular flexibility index (Phi) is 1.59. The van der Waals surface area contributed by atoms with Gasteiger partial charge in [0.05, 0.1) is 6.04 Å². The van der Waals surface area contributed by atoms with Crippen molar-refractivity contribution in [1.82, 2.24) is 20.2 Å². The zero-order valence-electron chi connectivity index (χ0n) is 5.37. The predicted octanol–water partition coefficient (Wildman–Crippen LogP) is 0.595. The van der Waals surface area contributed by atoms with Gasteiger partial charge in [-0.15, -0.1) is 5.10 Å². The summed E-state index contributed by atoms with van der Waals surface area (Å²) in [4.78, 5) is 0. The van der Waals surface area contributed by atoms with Crippen LogP contribution in [0.15, 0.2) is 0 Å². The van der Waals surface area contributed by atoms with E-state index in [1.54, 1.807) is 0 Å². The number of halogens is 1. The first-order chi connectivity index (χ1) is 4.92. The fraction of sp³-hybridized carbons (Fsp3) is 0.800. The van der Waals surface area contributed by atoms with Crippen LogP contribution in [0.3, 0.4) is 0 Å². The lowest BCUT2D eigenvalue weighted by Crippen LogP contribution is -2.06. The average Bonchev–Trinajstić information content (AvgIpc) is 2.44. The summed E-state index contributed by atoms with van der Waals surface area (Å²) in [6.45, 7) is 0. The van der Waals surface area contributed by atoms with Crippen molar-refractivity contribution < 1.29 is 0 Å². The lowest BCUT2D eigenvalue weighted by atomic mass is 10.2. The number of nitrogens with zero attached hydrogens (tertiary/aromatic N) is 4. The van der Waals surface area contributed by atoms with Crippen molar-refractivity contribution in [2.24, 2.45) is 0 Å². The third kappa shape index (κ3) is 0.834. The molecule has 0 fully saturated rings. The fourth-order valence-electron chi connectivity index (χ4n) is 1.22. The number of aromatic nitrogens is 4. The summed E-state index contributed by atoms with van der Waals surface area (Å²) in [5.74, 6) is 1.04. The van der Waals surface area contributed by atoms with Crippen LogP contribution in [0.25, 0.3) is 0 Å². The van der Waals surface area contributed by atoms with E-state index in [0.717, 1.165) is 16.7 Å². The van der Waals surface area contributed by atoms with E-state index < -0.39 is 0 Å². The second-order valence-electron chi connectivity index (χ2n) is 2.39. The molecule has 0 spiro atoms. The van der Waals surface area contributed by atoms with E-state index in [1.165, 1.54) is 6.42 Å². The van der Waals surface area contributed by atoms with Gasteiger partial charge in [0.15, 0.2) is 5.82 Å². The number of alkyl halides is 1. The molecule has 1 atom stereocenters. The minimum atomic E-state index is 0.547. The van der Waals surface area contributed by atoms with Crippen LogP contribution in [0.1, 0.15) is 18.3 Å². The fourth-order valence-corrected chi connectivity index (χ4v) is 2.03. The molecule has 0 aliphatic carbocycles. The van der Waals surface area contributed by atoms with Gasteiger partial charge in [0.1, 0.15) is 0 Å². The quantitative estimate of drug-likeness (QED) is 0.541. The van der Waals surface area contributed by atoms with E-state index in [4.69, 9.17) is 0 Å². The van der Waals surface area contributed by atoms with Crippen molar-refractivity contribution in [2.45, 2.75) is 18.9 Å². The maximum absolute atomic E-state index is 3.90. The zero-order chi connectivity index (χ0) is 6.97. The molecule has 1 aromatic rings. The molecule has 2 rings (SSSR count). The van der Waals surface area contributed by atoms with Gasteiger partial charge in [-0.1, -0.05) is 22.6 Å². The van der Waals surface area contributed by atoms with Crippen molar-refractivity contribution >= 4 is 22.6 Å². The Morgan fingerprint density at radius 3 is 3.40 bits per heavy atom. The van der Waals surface area contributed by atoms with Crippen LogP contribution in [0.2, 0.25) is 0 Å². The van der Waals surface area contributed by atoms with E-state index in [9.17, 15) is 0 Å². The third-order valence-corrected chi connectivity index (χ3v) is 2.80. The summed E-state index contributed by atoms with van der Waals surface area (Å²) in [7, 11) is 0. The highest BCUT2D eigenvalue weighted by Crippen LogP contribution is 2.23. The van der Waals surface area contributed by atoms with Crippen LogP contribution >= 0.6 is 22.6 Å². The smallest absolute Gasteiger partial charge is 0.151 e. The number of hydrogen-bond donors (Lipinski definition) is 0. The van der Waals surface area contributed by atoms with Crippen LogP contribution in [0, 0.1) is 0 Å². The molecule has 0 bridgehead atoms. The van der Waals surface area contributed by atoms with Crippen LogP contribution < -0.4 is 0 Å². The SMILES string of the molecule is ICC1CCc2nnnn21. The molecule has 0 N–H and O–H groups in total. The first-order valence-corrected chi connectivity index (χ1v) is 4.77. The van der Waals surface area contributed by atoms with E-state index >= 15 is 0 Å². The largest absolute Gasteiger partial charge is 0.226 e. The molecule has 0 saturated heterocycles. The molecule has 10 heavy (non-hydrogen) atoms. The second-order valence-corrected chi connectivity index (χ2v) is 3.27. The van der Waals surface area contributed by atoms with Gasteiger partial charge < -0.3 is 0 Å². The molecule has 1 unspecified atom stereocenters. The van der Waals surface area contributed by atoms with Gasteiger partial charge >= 0.3 is 0 Å². The van der Waals surface area contributed by atoms with Crippen LogP contribution in [-0.4, -0.2) is 24.6 Å².